The highest BCUT2D eigenvalue weighted by molar-refractivity contribution is 6.30. The number of hydrogen-bond acceptors (Lipinski definition) is 4. The fraction of sp³-hybridized carbons (Fsp3) is 0.400. The van der Waals surface area contributed by atoms with Crippen LogP contribution in [-0.4, -0.2) is 35.0 Å². The minimum atomic E-state index is -1.27. The molecule has 33 heavy (non-hydrogen) atoms. The second-order valence-corrected chi connectivity index (χ2v) is 9.32. The molecular formula is C25H29ClN2O5. The number of amides is 2. The summed E-state index contributed by atoms with van der Waals surface area (Å²) in [6, 6.07) is 14.6. The lowest BCUT2D eigenvalue weighted by atomic mass is 9.78. The molecule has 1 saturated carbocycles. The smallest absolute Gasteiger partial charge is 0.328 e. The van der Waals surface area contributed by atoms with E-state index in [0.717, 1.165) is 18.4 Å². The van der Waals surface area contributed by atoms with Crippen LogP contribution in [0.1, 0.15) is 51.0 Å². The van der Waals surface area contributed by atoms with Gasteiger partial charge in [-0.1, -0.05) is 29.8 Å². The van der Waals surface area contributed by atoms with Crippen LogP contribution in [0.5, 0.6) is 5.75 Å². The molecule has 1 aliphatic carbocycles. The third-order valence-electron chi connectivity index (χ3n) is 5.90. The number of nitrogens with one attached hydrogen (secondary N) is 2. The van der Waals surface area contributed by atoms with E-state index in [0.29, 0.717) is 35.2 Å². The molecule has 2 aromatic carbocycles. The Balaban J connectivity index is 1.46. The summed E-state index contributed by atoms with van der Waals surface area (Å²) >= 11 is 5.91. The van der Waals surface area contributed by atoms with Crippen molar-refractivity contribution in [1.82, 2.24) is 5.32 Å². The molecule has 0 aliphatic heterocycles. The zero-order valence-electron chi connectivity index (χ0n) is 18.8. The van der Waals surface area contributed by atoms with Crippen LogP contribution >= 0.6 is 11.6 Å². The normalized spacial score (nSPS) is 18.3. The Morgan fingerprint density at radius 1 is 1.06 bits per heavy atom. The van der Waals surface area contributed by atoms with Crippen molar-refractivity contribution in [2.24, 2.45) is 5.92 Å². The van der Waals surface area contributed by atoms with Gasteiger partial charge in [0.2, 0.25) is 5.91 Å². The van der Waals surface area contributed by atoms with E-state index in [9.17, 15) is 19.5 Å². The fourth-order valence-electron chi connectivity index (χ4n) is 3.89. The Morgan fingerprint density at radius 2 is 1.73 bits per heavy atom. The van der Waals surface area contributed by atoms with Crippen molar-refractivity contribution in [3.8, 4) is 5.75 Å². The van der Waals surface area contributed by atoms with Crippen molar-refractivity contribution < 1.29 is 24.2 Å². The molecule has 8 heteroatoms. The van der Waals surface area contributed by atoms with E-state index in [1.54, 1.807) is 24.3 Å². The van der Waals surface area contributed by atoms with Crippen LogP contribution in [0.2, 0.25) is 5.02 Å². The topological polar surface area (TPSA) is 105 Å². The summed E-state index contributed by atoms with van der Waals surface area (Å²) in [6.45, 7) is 2.86. The van der Waals surface area contributed by atoms with Crippen molar-refractivity contribution in [3.05, 3.63) is 59.1 Å². The number of carboxylic acid groups (broad SMARTS) is 1. The Hall–Kier alpha value is -3.06. The molecule has 0 atom stereocenters. The molecule has 0 aromatic heterocycles. The molecular weight excluding hydrogens is 444 g/mol. The Morgan fingerprint density at radius 3 is 2.33 bits per heavy atom. The quantitative estimate of drug-likeness (QED) is 0.520. The molecule has 1 fully saturated rings. The van der Waals surface area contributed by atoms with Crippen molar-refractivity contribution >= 4 is 35.1 Å². The summed E-state index contributed by atoms with van der Waals surface area (Å²) in [5, 5.41) is 15.2. The number of halogens is 1. The van der Waals surface area contributed by atoms with E-state index in [1.807, 2.05) is 24.3 Å². The Labute approximate surface area is 198 Å². The third-order valence-corrected chi connectivity index (χ3v) is 6.14. The first-order valence-corrected chi connectivity index (χ1v) is 11.4. The summed E-state index contributed by atoms with van der Waals surface area (Å²) in [6.07, 6.45) is 3.13. The third kappa shape index (κ3) is 6.96. The molecule has 176 valence electrons. The number of benzene rings is 2. The zero-order chi connectivity index (χ0) is 24.0. The Bertz CT molecular complexity index is 998. The molecule has 2 amide bonds. The standard InChI is InChI=1S/C25H29ClN2O5/c1-25(2,24(31)32)28-23(30)18-8-6-16(7-9-18)17-10-12-20(13-11-17)27-22(29)15-33-21-5-3-4-19(26)14-21/h3-5,10-14,16,18H,6-9,15H2,1-2H3,(H,27,29)(H,28,30)(H,31,32)/t16-,18-. The first-order valence-electron chi connectivity index (χ1n) is 11.0. The van der Waals surface area contributed by atoms with Crippen LogP contribution in [0.3, 0.4) is 0 Å². The Kier molecular flexibility index (Phi) is 7.97. The van der Waals surface area contributed by atoms with Gasteiger partial charge in [0, 0.05) is 16.6 Å². The van der Waals surface area contributed by atoms with Crippen LogP contribution in [0.15, 0.2) is 48.5 Å². The van der Waals surface area contributed by atoms with Crippen LogP contribution < -0.4 is 15.4 Å². The van der Waals surface area contributed by atoms with E-state index in [2.05, 4.69) is 10.6 Å². The SMILES string of the molecule is CC(C)(NC(=O)[C@H]1CC[C@H](c2ccc(NC(=O)COc3cccc(Cl)c3)cc2)CC1)C(=O)O. The summed E-state index contributed by atoms with van der Waals surface area (Å²) in [4.78, 5) is 35.8. The number of rotatable bonds is 8. The molecule has 2 aromatic rings. The highest BCUT2D eigenvalue weighted by Gasteiger charge is 2.33. The predicted octanol–water partition coefficient (Wildman–Crippen LogP) is 4.61. The maximum absolute atomic E-state index is 12.4. The highest BCUT2D eigenvalue weighted by atomic mass is 35.5. The number of hydrogen-bond donors (Lipinski definition) is 3. The molecule has 0 radical (unpaired) electrons. The highest BCUT2D eigenvalue weighted by Crippen LogP contribution is 2.36. The summed E-state index contributed by atoms with van der Waals surface area (Å²) in [5.74, 6) is -0.815. The van der Waals surface area contributed by atoms with Crippen LogP contribution in [0.25, 0.3) is 0 Å². The van der Waals surface area contributed by atoms with Gasteiger partial charge in [0.25, 0.3) is 5.91 Å². The van der Waals surface area contributed by atoms with Gasteiger partial charge in [-0.05, 0) is 81.3 Å². The number of carbonyl (C=O) groups excluding carboxylic acids is 2. The summed E-state index contributed by atoms with van der Waals surface area (Å²) in [5.41, 5.74) is 0.572. The van der Waals surface area contributed by atoms with Crippen molar-refractivity contribution in [1.29, 1.82) is 0 Å². The van der Waals surface area contributed by atoms with Gasteiger partial charge in [-0.3, -0.25) is 9.59 Å². The van der Waals surface area contributed by atoms with Crippen molar-refractivity contribution in [2.75, 3.05) is 11.9 Å². The number of ether oxygens (including phenoxy) is 1. The van der Waals surface area contributed by atoms with Gasteiger partial charge >= 0.3 is 5.97 Å². The second-order valence-electron chi connectivity index (χ2n) is 8.88. The lowest BCUT2D eigenvalue weighted by Crippen LogP contribution is -2.51. The van der Waals surface area contributed by atoms with Gasteiger partial charge in [-0.15, -0.1) is 0 Å². The van der Waals surface area contributed by atoms with E-state index >= 15 is 0 Å². The average Bonchev–Trinajstić information content (AvgIpc) is 2.78. The minimum absolute atomic E-state index is 0.118. The number of carboxylic acids is 1. The first-order chi connectivity index (χ1) is 15.6. The maximum atomic E-state index is 12.4. The van der Waals surface area contributed by atoms with Gasteiger partial charge in [0.05, 0.1) is 0 Å². The van der Waals surface area contributed by atoms with Gasteiger partial charge < -0.3 is 20.5 Å². The number of aliphatic carboxylic acids is 1. The van der Waals surface area contributed by atoms with Gasteiger partial charge in [0.1, 0.15) is 11.3 Å². The summed E-state index contributed by atoms with van der Waals surface area (Å²) < 4.78 is 5.45. The number of carbonyl (C=O) groups is 3. The van der Waals surface area contributed by atoms with Gasteiger partial charge in [0.15, 0.2) is 6.61 Å². The van der Waals surface area contributed by atoms with Crippen molar-refractivity contribution in [3.63, 3.8) is 0 Å². The molecule has 7 nitrogen and oxygen atoms in total. The average molecular weight is 473 g/mol. The van der Waals surface area contributed by atoms with Gasteiger partial charge in [-0.2, -0.15) is 0 Å². The second kappa shape index (κ2) is 10.7. The molecule has 0 heterocycles. The minimum Gasteiger partial charge on any atom is -0.484 e. The molecule has 1 aliphatic rings. The van der Waals surface area contributed by atoms with Crippen LogP contribution in [0, 0.1) is 5.92 Å². The maximum Gasteiger partial charge on any atom is 0.328 e. The largest absolute Gasteiger partial charge is 0.484 e. The van der Waals surface area contributed by atoms with E-state index < -0.39 is 11.5 Å². The van der Waals surface area contributed by atoms with Crippen molar-refractivity contribution in [2.45, 2.75) is 51.0 Å². The predicted molar refractivity (Wildman–Crippen MR) is 127 cm³/mol. The summed E-state index contributed by atoms with van der Waals surface area (Å²) in [7, 11) is 0. The van der Waals surface area contributed by atoms with Gasteiger partial charge in [-0.25, -0.2) is 4.79 Å². The number of anilines is 1. The van der Waals surface area contributed by atoms with Crippen LogP contribution in [0.4, 0.5) is 5.69 Å². The molecule has 0 spiro atoms. The lowest BCUT2D eigenvalue weighted by molar-refractivity contribution is -0.146. The lowest BCUT2D eigenvalue weighted by Gasteiger charge is -2.30. The first kappa shape index (κ1) is 24.6. The molecule has 3 rings (SSSR count). The molecule has 0 saturated heterocycles. The fourth-order valence-corrected chi connectivity index (χ4v) is 4.07. The van der Waals surface area contributed by atoms with E-state index in [4.69, 9.17) is 16.3 Å². The monoisotopic (exact) mass is 472 g/mol. The molecule has 0 unspecified atom stereocenters. The zero-order valence-corrected chi connectivity index (χ0v) is 19.5. The van der Waals surface area contributed by atoms with Crippen LogP contribution in [-0.2, 0) is 14.4 Å². The molecule has 0 bridgehead atoms. The van der Waals surface area contributed by atoms with E-state index in [1.165, 1.54) is 13.8 Å². The van der Waals surface area contributed by atoms with E-state index in [-0.39, 0.29) is 24.3 Å². The molecule has 3 N–H and O–H groups in total.